The van der Waals surface area contributed by atoms with Crippen molar-refractivity contribution in [3.8, 4) is 0 Å². The second-order valence-electron chi connectivity index (χ2n) is 15.1. The quantitative estimate of drug-likeness (QED) is 0.0244. The molecule has 6 aromatic carbocycles. The number of rotatable bonds is 17. The van der Waals surface area contributed by atoms with Gasteiger partial charge in [0, 0.05) is 11.1 Å². The zero-order valence-corrected chi connectivity index (χ0v) is 32.5. The number of aliphatic hydroxyl groups excluding tert-OH is 1. The molecule has 0 amide bonds. The molecule has 0 spiro atoms. The van der Waals surface area contributed by atoms with Crippen molar-refractivity contribution in [3.63, 3.8) is 0 Å². The molecule has 0 radical (unpaired) electrons. The van der Waals surface area contributed by atoms with Crippen LogP contribution in [-0.2, 0) is 40.0 Å². The first-order valence-corrected chi connectivity index (χ1v) is 19.1. The number of esters is 3. The number of nitrogens with zero attached hydrogens (tertiary/aromatic N) is 1. The first-order valence-electron chi connectivity index (χ1n) is 19.1. The first kappa shape index (κ1) is 39.9. The van der Waals surface area contributed by atoms with Gasteiger partial charge in [0.15, 0.2) is 6.61 Å². The Morgan fingerprint density at radius 2 is 1.18 bits per heavy atom. The Kier molecular flexibility index (Phi) is 12.7. The van der Waals surface area contributed by atoms with Crippen molar-refractivity contribution in [2.75, 3.05) is 26.4 Å². The van der Waals surface area contributed by atoms with E-state index in [2.05, 4.69) is 29.4 Å². The molecule has 0 saturated carbocycles. The Morgan fingerprint density at radius 3 is 1.71 bits per heavy atom. The fourth-order valence-corrected chi connectivity index (χ4v) is 7.75. The first-order chi connectivity index (χ1) is 27.0. The van der Waals surface area contributed by atoms with Crippen LogP contribution in [0.2, 0.25) is 0 Å². The van der Waals surface area contributed by atoms with Crippen LogP contribution in [0.25, 0.3) is 43.1 Å². The van der Waals surface area contributed by atoms with E-state index >= 15 is 0 Å². The second kappa shape index (κ2) is 17.8. The minimum Gasteiger partial charge on any atom is -0.463 e. The molecule has 0 aliphatic heterocycles. The van der Waals surface area contributed by atoms with E-state index in [1.807, 2.05) is 91.9 Å². The summed E-state index contributed by atoms with van der Waals surface area (Å²) in [6, 6.07) is 36.4. The number of hydrogen-bond acceptors (Lipinski definition) is 9. The van der Waals surface area contributed by atoms with Crippen molar-refractivity contribution in [1.82, 2.24) is 0 Å². The summed E-state index contributed by atoms with van der Waals surface area (Å²) in [6.45, 7) is 6.40. The minimum absolute atomic E-state index is 0.0204. The van der Waals surface area contributed by atoms with Crippen LogP contribution in [0.5, 0.6) is 0 Å². The van der Waals surface area contributed by atoms with Crippen molar-refractivity contribution in [3.05, 3.63) is 120 Å². The predicted molar refractivity (Wildman–Crippen MR) is 220 cm³/mol. The smallest absolute Gasteiger partial charge is 0.311 e. The van der Waals surface area contributed by atoms with Crippen LogP contribution in [0.1, 0.15) is 58.1 Å². The second-order valence-corrected chi connectivity index (χ2v) is 15.1. The number of ether oxygens (including phenoxy) is 3. The van der Waals surface area contributed by atoms with Crippen LogP contribution in [0.4, 0.5) is 0 Å². The number of aliphatic hydroxyl groups is 1. The van der Waals surface area contributed by atoms with Gasteiger partial charge in [-0.2, -0.15) is 0 Å². The lowest BCUT2D eigenvalue weighted by Crippen LogP contribution is -2.41. The average Bonchev–Trinajstić information content (AvgIpc) is 3.20. The molecule has 9 heteroatoms. The summed E-state index contributed by atoms with van der Waals surface area (Å²) in [4.78, 5) is 46.4. The van der Waals surface area contributed by atoms with E-state index in [4.69, 9.17) is 19.0 Å². The van der Waals surface area contributed by atoms with Crippen LogP contribution >= 0.6 is 0 Å². The van der Waals surface area contributed by atoms with Gasteiger partial charge in [0.1, 0.15) is 19.8 Å². The van der Waals surface area contributed by atoms with Gasteiger partial charge in [-0.05, 0) is 95.3 Å². The maximum absolute atomic E-state index is 13.7. The molecule has 2 atom stereocenters. The van der Waals surface area contributed by atoms with Gasteiger partial charge in [-0.3, -0.25) is 14.4 Å². The molecule has 0 aliphatic rings. The number of carbonyl (C=O) groups is 3. The molecule has 0 bridgehead atoms. The van der Waals surface area contributed by atoms with Crippen LogP contribution in [-0.4, -0.2) is 55.7 Å². The number of benzene rings is 6. The molecule has 290 valence electrons. The highest BCUT2D eigenvalue weighted by molar-refractivity contribution is 6.13. The average molecular weight is 756 g/mol. The standard InChI is InChI=1S/C47H49NO8/c1-5-32(43(50)55-30-42-39-20-12-8-16-35(39)27-36-17-9-13-21-40(36)42)28-47(4,45(52)53-23-22-49)31-46(2,3)44(51)54-24-25-56-48-29-41-37-18-10-6-14-33(37)26-34-15-7-11-19-38(34)41/h6-21,26-27,29,32,49H,5,22-25,28,30-31H2,1-4H3. The summed E-state index contributed by atoms with van der Waals surface area (Å²) in [5.74, 6) is -2.26. The van der Waals surface area contributed by atoms with Gasteiger partial charge < -0.3 is 24.2 Å². The molecule has 6 rings (SSSR count). The third-order valence-corrected chi connectivity index (χ3v) is 10.4. The Bertz CT molecular complexity index is 2280. The Labute approximate surface area is 327 Å². The molecule has 0 heterocycles. The van der Waals surface area contributed by atoms with E-state index in [0.29, 0.717) is 6.42 Å². The van der Waals surface area contributed by atoms with Crippen LogP contribution in [0.15, 0.2) is 114 Å². The highest BCUT2D eigenvalue weighted by Crippen LogP contribution is 2.42. The maximum atomic E-state index is 13.7. The summed E-state index contributed by atoms with van der Waals surface area (Å²) >= 11 is 0. The molecule has 0 saturated heterocycles. The maximum Gasteiger partial charge on any atom is 0.311 e. The largest absolute Gasteiger partial charge is 0.463 e. The summed E-state index contributed by atoms with van der Waals surface area (Å²) in [7, 11) is 0. The van der Waals surface area contributed by atoms with Gasteiger partial charge in [-0.1, -0.05) is 109 Å². The summed E-state index contributed by atoms with van der Waals surface area (Å²) in [5.41, 5.74) is -0.596. The molecule has 2 unspecified atom stereocenters. The highest BCUT2D eigenvalue weighted by atomic mass is 16.6. The van der Waals surface area contributed by atoms with Crippen LogP contribution in [0, 0.1) is 16.7 Å². The molecule has 0 aliphatic carbocycles. The molecular weight excluding hydrogens is 707 g/mol. The monoisotopic (exact) mass is 755 g/mol. The number of hydrogen-bond donors (Lipinski definition) is 1. The van der Waals surface area contributed by atoms with E-state index < -0.39 is 34.7 Å². The molecule has 0 fully saturated rings. The van der Waals surface area contributed by atoms with E-state index in [-0.39, 0.29) is 45.9 Å². The van der Waals surface area contributed by atoms with Gasteiger partial charge in [-0.25, -0.2) is 0 Å². The SMILES string of the molecule is CCC(CC(C)(CC(C)(C)C(=O)OCCON=Cc1c2ccccc2cc2ccccc12)C(=O)OCCO)C(=O)OCc1c2ccccc2cc2ccccc12. The van der Waals surface area contributed by atoms with Crippen molar-refractivity contribution in [1.29, 1.82) is 0 Å². The lowest BCUT2D eigenvalue weighted by molar-refractivity contribution is -0.166. The normalized spacial score (nSPS) is 13.5. The van der Waals surface area contributed by atoms with Gasteiger partial charge in [-0.15, -0.1) is 0 Å². The summed E-state index contributed by atoms with van der Waals surface area (Å²) < 4.78 is 17.0. The molecular formula is C47H49NO8. The molecule has 0 aromatic heterocycles. The zero-order chi connectivity index (χ0) is 39.7. The van der Waals surface area contributed by atoms with E-state index in [9.17, 15) is 19.5 Å². The van der Waals surface area contributed by atoms with Crippen molar-refractivity contribution in [2.45, 2.75) is 53.6 Å². The van der Waals surface area contributed by atoms with Gasteiger partial charge in [0.2, 0.25) is 0 Å². The third-order valence-electron chi connectivity index (χ3n) is 10.4. The van der Waals surface area contributed by atoms with Crippen molar-refractivity contribution < 1.29 is 38.5 Å². The van der Waals surface area contributed by atoms with Crippen molar-refractivity contribution in [2.24, 2.45) is 21.9 Å². The third kappa shape index (κ3) is 9.01. The van der Waals surface area contributed by atoms with Crippen LogP contribution < -0.4 is 0 Å². The Balaban J connectivity index is 1.10. The lowest BCUT2D eigenvalue weighted by Gasteiger charge is -2.36. The van der Waals surface area contributed by atoms with E-state index in [0.717, 1.165) is 54.2 Å². The van der Waals surface area contributed by atoms with Crippen molar-refractivity contribution >= 4 is 67.2 Å². The number of oxime groups is 1. The summed E-state index contributed by atoms with van der Waals surface area (Å²) in [5, 5.41) is 22.0. The molecule has 1 N–H and O–H groups in total. The predicted octanol–water partition coefficient (Wildman–Crippen LogP) is 9.31. The van der Waals surface area contributed by atoms with Gasteiger partial charge in [0.05, 0.1) is 29.6 Å². The fraction of sp³-hybridized carbons (Fsp3) is 0.319. The topological polar surface area (TPSA) is 121 Å². The minimum atomic E-state index is -1.29. The number of fused-ring (bicyclic) bond motifs is 4. The number of carbonyl (C=O) groups excluding carboxylic acids is 3. The van der Waals surface area contributed by atoms with E-state index in [1.165, 1.54) is 0 Å². The fourth-order valence-electron chi connectivity index (χ4n) is 7.75. The highest BCUT2D eigenvalue weighted by Gasteiger charge is 2.46. The van der Waals surface area contributed by atoms with Gasteiger partial charge in [0.25, 0.3) is 0 Å². The Morgan fingerprint density at radius 1 is 0.679 bits per heavy atom. The Hall–Kier alpha value is -5.80. The summed E-state index contributed by atoms with van der Waals surface area (Å²) in [6.07, 6.45) is 2.17. The lowest BCUT2D eigenvalue weighted by atomic mass is 9.69. The zero-order valence-electron chi connectivity index (χ0n) is 32.5. The van der Waals surface area contributed by atoms with E-state index in [1.54, 1.807) is 27.0 Å². The molecule has 9 nitrogen and oxygen atoms in total. The molecule has 56 heavy (non-hydrogen) atoms. The molecule has 6 aromatic rings. The van der Waals surface area contributed by atoms with Gasteiger partial charge >= 0.3 is 17.9 Å². The van der Waals surface area contributed by atoms with Crippen LogP contribution in [0.3, 0.4) is 0 Å².